The van der Waals surface area contributed by atoms with E-state index in [1.54, 1.807) is 0 Å². The van der Waals surface area contributed by atoms with Crippen LogP contribution in [0, 0.1) is 0 Å². The molecule has 0 spiro atoms. The van der Waals surface area contributed by atoms with Gasteiger partial charge in [-0.05, 0) is 36.6 Å². The van der Waals surface area contributed by atoms with E-state index in [9.17, 15) is 0 Å². The third-order valence-electron chi connectivity index (χ3n) is 3.15. The van der Waals surface area contributed by atoms with Gasteiger partial charge in [-0.1, -0.05) is 29.8 Å². The molecule has 0 atom stereocenters. The minimum atomic E-state index is 0.766. The molecular weight excluding hydrogens is 302 g/mol. The number of aryl methyl sites for hydroxylation is 2. The Balaban J connectivity index is 2.07. The molecule has 1 heterocycles. The highest BCUT2D eigenvalue weighted by Gasteiger charge is 2.04. The molecule has 0 unspecified atom stereocenters. The van der Waals surface area contributed by atoms with Gasteiger partial charge >= 0.3 is 0 Å². The van der Waals surface area contributed by atoms with Crippen molar-refractivity contribution >= 4 is 21.6 Å². The van der Waals surface area contributed by atoms with Crippen LogP contribution in [0.1, 0.15) is 31.7 Å². The predicted octanol–water partition coefficient (Wildman–Crippen LogP) is 4.23. The van der Waals surface area contributed by atoms with E-state index in [0.29, 0.717) is 0 Å². The lowest BCUT2D eigenvalue weighted by Gasteiger charge is -2.12. The van der Waals surface area contributed by atoms with E-state index in [2.05, 4.69) is 62.8 Å². The fourth-order valence-corrected chi connectivity index (χ4v) is 2.56. The molecule has 4 heteroatoms. The summed E-state index contributed by atoms with van der Waals surface area (Å²) in [5.41, 5.74) is 2.51. The Morgan fingerprint density at radius 1 is 1.32 bits per heavy atom. The van der Waals surface area contributed by atoms with Gasteiger partial charge in [0.05, 0.1) is 6.54 Å². The Labute approximate surface area is 123 Å². The molecule has 0 aliphatic rings. The molecule has 0 saturated carbocycles. The number of hydrogen-bond donors (Lipinski definition) is 1. The lowest BCUT2D eigenvalue weighted by atomic mass is 10.1. The number of benzene rings is 1. The largest absolute Gasteiger partial charge is 0.378 e. The van der Waals surface area contributed by atoms with Crippen molar-refractivity contribution in [3.05, 3.63) is 46.5 Å². The normalized spacial score (nSPS) is 10.7. The van der Waals surface area contributed by atoms with Crippen molar-refractivity contribution < 1.29 is 0 Å². The molecule has 0 saturated heterocycles. The van der Waals surface area contributed by atoms with Crippen LogP contribution in [0.2, 0.25) is 0 Å². The number of aromatic nitrogens is 2. The highest BCUT2D eigenvalue weighted by atomic mass is 79.9. The Bertz CT molecular complexity index is 534. The van der Waals surface area contributed by atoms with Gasteiger partial charge in [0.25, 0.3) is 0 Å². The van der Waals surface area contributed by atoms with Gasteiger partial charge in [-0.2, -0.15) is 0 Å². The van der Waals surface area contributed by atoms with Crippen LogP contribution in [0.4, 0.5) is 5.69 Å². The first-order valence-electron chi connectivity index (χ1n) is 6.77. The first-order valence-corrected chi connectivity index (χ1v) is 7.56. The van der Waals surface area contributed by atoms with Gasteiger partial charge in [0.15, 0.2) is 0 Å². The van der Waals surface area contributed by atoms with Crippen molar-refractivity contribution in [2.75, 3.05) is 5.32 Å². The summed E-state index contributed by atoms with van der Waals surface area (Å²) in [6, 6.07) is 6.36. The highest BCUT2D eigenvalue weighted by Crippen LogP contribution is 2.22. The maximum absolute atomic E-state index is 4.41. The van der Waals surface area contributed by atoms with Crippen LogP contribution in [-0.2, 0) is 19.5 Å². The number of halogens is 1. The van der Waals surface area contributed by atoms with E-state index >= 15 is 0 Å². The summed E-state index contributed by atoms with van der Waals surface area (Å²) in [5.74, 6) is 1.09. The van der Waals surface area contributed by atoms with Gasteiger partial charge in [0.1, 0.15) is 5.82 Å². The smallest absolute Gasteiger partial charge is 0.128 e. The molecular formula is C15H20BrN3. The SMILES string of the molecule is CCCn1ccnc1CNc1ccc(Br)cc1CC. The lowest BCUT2D eigenvalue weighted by molar-refractivity contribution is 0.644. The number of imidazole rings is 1. The minimum Gasteiger partial charge on any atom is -0.378 e. The number of anilines is 1. The fourth-order valence-electron chi connectivity index (χ4n) is 2.15. The molecule has 1 N–H and O–H groups in total. The summed E-state index contributed by atoms with van der Waals surface area (Å²) in [6.07, 6.45) is 6.06. The lowest BCUT2D eigenvalue weighted by Crippen LogP contribution is -2.09. The van der Waals surface area contributed by atoms with Gasteiger partial charge in [-0.25, -0.2) is 4.98 Å². The van der Waals surface area contributed by atoms with E-state index in [1.807, 2.05) is 12.4 Å². The Hall–Kier alpha value is -1.29. The van der Waals surface area contributed by atoms with Crippen LogP contribution in [0.15, 0.2) is 35.1 Å². The van der Waals surface area contributed by atoms with Gasteiger partial charge in [0.2, 0.25) is 0 Å². The predicted molar refractivity (Wildman–Crippen MR) is 83.4 cm³/mol. The molecule has 0 aliphatic carbocycles. The third-order valence-corrected chi connectivity index (χ3v) is 3.64. The quantitative estimate of drug-likeness (QED) is 0.862. The zero-order chi connectivity index (χ0) is 13.7. The monoisotopic (exact) mass is 321 g/mol. The zero-order valence-electron chi connectivity index (χ0n) is 11.5. The maximum Gasteiger partial charge on any atom is 0.128 e. The Morgan fingerprint density at radius 3 is 2.89 bits per heavy atom. The van der Waals surface area contributed by atoms with Crippen LogP contribution >= 0.6 is 15.9 Å². The summed E-state index contributed by atoms with van der Waals surface area (Å²) < 4.78 is 3.33. The van der Waals surface area contributed by atoms with E-state index in [-0.39, 0.29) is 0 Å². The van der Waals surface area contributed by atoms with Gasteiger partial charge in [-0.15, -0.1) is 0 Å². The molecule has 0 amide bonds. The van der Waals surface area contributed by atoms with E-state index < -0.39 is 0 Å². The summed E-state index contributed by atoms with van der Waals surface area (Å²) in [4.78, 5) is 4.41. The van der Waals surface area contributed by atoms with Crippen molar-refractivity contribution in [3.63, 3.8) is 0 Å². The average Bonchev–Trinajstić information content (AvgIpc) is 2.85. The van der Waals surface area contributed by atoms with Crippen molar-refractivity contribution in [3.8, 4) is 0 Å². The number of rotatable bonds is 6. The van der Waals surface area contributed by atoms with E-state index in [0.717, 1.165) is 36.2 Å². The molecule has 0 fully saturated rings. The highest BCUT2D eigenvalue weighted by molar-refractivity contribution is 9.10. The number of hydrogen-bond acceptors (Lipinski definition) is 2. The van der Waals surface area contributed by atoms with Crippen LogP contribution in [0.5, 0.6) is 0 Å². The molecule has 2 aromatic rings. The Morgan fingerprint density at radius 2 is 2.16 bits per heavy atom. The van der Waals surface area contributed by atoms with Gasteiger partial charge in [0, 0.05) is 29.1 Å². The van der Waals surface area contributed by atoms with Crippen molar-refractivity contribution in [1.29, 1.82) is 0 Å². The van der Waals surface area contributed by atoms with Crippen molar-refractivity contribution in [1.82, 2.24) is 9.55 Å². The number of nitrogens with zero attached hydrogens (tertiary/aromatic N) is 2. The molecule has 19 heavy (non-hydrogen) atoms. The van der Waals surface area contributed by atoms with Crippen molar-refractivity contribution in [2.45, 2.75) is 39.8 Å². The first-order chi connectivity index (χ1) is 9.24. The maximum atomic E-state index is 4.41. The second kappa shape index (κ2) is 6.75. The standard InChI is InChI=1S/C15H20BrN3/c1-3-8-19-9-7-17-15(19)11-18-14-6-5-13(16)10-12(14)4-2/h5-7,9-10,18H,3-4,8,11H2,1-2H3. The average molecular weight is 322 g/mol. The fraction of sp³-hybridized carbons (Fsp3) is 0.400. The van der Waals surface area contributed by atoms with Gasteiger partial charge < -0.3 is 9.88 Å². The van der Waals surface area contributed by atoms with Crippen LogP contribution in [-0.4, -0.2) is 9.55 Å². The van der Waals surface area contributed by atoms with Crippen LogP contribution < -0.4 is 5.32 Å². The first kappa shape index (κ1) is 14.1. The summed E-state index contributed by atoms with van der Waals surface area (Å²) >= 11 is 3.51. The second-order valence-electron chi connectivity index (χ2n) is 4.55. The summed E-state index contributed by atoms with van der Waals surface area (Å²) in [5, 5.41) is 3.49. The molecule has 3 nitrogen and oxygen atoms in total. The molecule has 0 bridgehead atoms. The molecule has 2 rings (SSSR count). The zero-order valence-corrected chi connectivity index (χ0v) is 13.1. The van der Waals surface area contributed by atoms with Crippen molar-refractivity contribution in [2.24, 2.45) is 0 Å². The second-order valence-corrected chi connectivity index (χ2v) is 5.46. The van der Waals surface area contributed by atoms with Crippen LogP contribution in [0.25, 0.3) is 0 Å². The van der Waals surface area contributed by atoms with Gasteiger partial charge in [-0.3, -0.25) is 0 Å². The topological polar surface area (TPSA) is 29.9 Å². The molecule has 0 radical (unpaired) electrons. The molecule has 0 aliphatic heterocycles. The van der Waals surface area contributed by atoms with E-state index in [1.165, 1.54) is 11.3 Å². The molecule has 1 aromatic heterocycles. The minimum absolute atomic E-state index is 0.766. The van der Waals surface area contributed by atoms with Crippen LogP contribution in [0.3, 0.4) is 0 Å². The number of nitrogens with one attached hydrogen (secondary N) is 1. The summed E-state index contributed by atoms with van der Waals surface area (Å²) in [6.45, 7) is 6.14. The molecule has 1 aromatic carbocycles. The third kappa shape index (κ3) is 3.60. The van der Waals surface area contributed by atoms with E-state index in [4.69, 9.17) is 0 Å². The Kier molecular flexibility index (Phi) is 5.02. The summed E-state index contributed by atoms with van der Waals surface area (Å²) in [7, 11) is 0. The molecule has 102 valence electrons.